The number of carbonyl (C=O) groups excluding carboxylic acids is 1. The van der Waals surface area contributed by atoms with Crippen LogP contribution in [0.25, 0.3) is 11.1 Å². The van der Waals surface area contributed by atoms with E-state index in [4.69, 9.17) is 4.74 Å². The maximum atomic E-state index is 12.7. The molecule has 4 nitrogen and oxygen atoms in total. The number of benzene rings is 2. The van der Waals surface area contributed by atoms with Gasteiger partial charge in [-0.3, -0.25) is 0 Å². The van der Waals surface area contributed by atoms with Gasteiger partial charge in [-0.15, -0.1) is 0 Å². The first-order valence-corrected chi connectivity index (χ1v) is 10.9. The summed E-state index contributed by atoms with van der Waals surface area (Å²) in [5, 5.41) is 0. The standard InChI is InChI=1S/C20H19BrO4S/c1-4-20(2)18(14-7-11-16(12-8-14)26(3,23)24)17(19(22)25-20)13-5-9-15(21)10-6-13/h5-12H,4H2,1-3H3. The first-order chi connectivity index (χ1) is 12.2. The van der Waals surface area contributed by atoms with Crippen LogP contribution in [0.3, 0.4) is 0 Å². The predicted molar refractivity (Wildman–Crippen MR) is 105 cm³/mol. The number of sulfone groups is 1. The maximum Gasteiger partial charge on any atom is 0.340 e. The normalized spacial score (nSPS) is 20.4. The van der Waals surface area contributed by atoms with Crippen LogP contribution in [0, 0.1) is 0 Å². The summed E-state index contributed by atoms with van der Waals surface area (Å²) in [5.74, 6) is -0.362. The lowest BCUT2D eigenvalue weighted by Crippen LogP contribution is -2.26. The fraction of sp³-hybridized carbons (Fsp3) is 0.250. The minimum atomic E-state index is -3.28. The van der Waals surface area contributed by atoms with Gasteiger partial charge in [-0.1, -0.05) is 47.1 Å². The van der Waals surface area contributed by atoms with Crippen molar-refractivity contribution in [2.45, 2.75) is 30.8 Å². The lowest BCUT2D eigenvalue weighted by atomic mass is 9.84. The number of rotatable bonds is 4. The molecule has 0 aliphatic carbocycles. The van der Waals surface area contributed by atoms with Crippen molar-refractivity contribution in [2.75, 3.05) is 6.26 Å². The molecule has 136 valence electrons. The lowest BCUT2D eigenvalue weighted by Gasteiger charge is -2.25. The van der Waals surface area contributed by atoms with Crippen molar-refractivity contribution in [3.05, 3.63) is 64.1 Å². The molecule has 0 saturated carbocycles. The van der Waals surface area contributed by atoms with E-state index in [2.05, 4.69) is 15.9 Å². The number of hydrogen-bond acceptors (Lipinski definition) is 4. The minimum absolute atomic E-state index is 0.246. The Labute approximate surface area is 161 Å². The molecule has 6 heteroatoms. The number of ether oxygens (including phenoxy) is 1. The summed E-state index contributed by atoms with van der Waals surface area (Å²) in [6.45, 7) is 3.85. The Kier molecular flexibility index (Phi) is 4.84. The smallest absolute Gasteiger partial charge is 0.340 e. The van der Waals surface area contributed by atoms with E-state index in [-0.39, 0.29) is 10.9 Å². The van der Waals surface area contributed by atoms with Crippen LogP contribution in [0.5, 0.6) is 0 Å². The van der Waals surface area contributed by atoms with Crippen LogP contribution in [0.2, 0.25) is 0 Å². The number of cyclic esters (lactones) is 1. The molecule has 26 heavy (non-hydrogen) atoms. The van der Waals surface area contributed by atoms with Crippen LogP contribution in [0.1, 0.15) is 31.4 Å². The van der Waals surface area contributed by atoms with Gasteiger partial charge in [0.15, 0.2) is 9.84 Å². The Hall–Kier alpha value is -1.92. The summed E-state index contributed by atoms with van der Waals surface area (Å²) in [5.41, 5.74) is 2.11. The Morgan fingerprint density at radius 2 is 1.54 bits per heavy atom. The van der Waals surface area contributed by atoms with Gasteiger partial charge < -0.3 is 4.74 Å². The van der Waals surface area contributed by atoms with E-state index >= 15 is 0 Å². The number of halogens is 1. The van der Waals surface area contributed by atoms with Crippen LogP contribution in [0.4, 0.5) is 0 Å². The van der Waals surface area contributed by atoms with E-state index in [1.54, 1.807) is 24.3 Å². The number of carbonyl (C=O) groups is 1. The summed E-state index contributed by atoms with van der Waals surface area (Å²) < 4.78 is 30.1. The lowest BCUT2D eigenvalue weighted by molar-refractivity contribution is -0.143. The summed E-state index contributed by atoms with van der Waals surface area (Å²) in [7, 11) is -3.28. The molecule has 0 saturated heterocycles. The van der Waals surface area contributed by atoms with Crippen LogP contribution < -0.4 is 0 Å². The van der Waals surface area contributed by atoms with Gasteiger partial charge in [0.2, 0.25) is 0 Å². The van der Waals surface area contributed by atoms with E-state index < -0.39 is 15.4 Å². The van der Waals surface area contributed by atoms with Gasteiger partial charge in [0.25, 0.3) is 0 Å². The fourth-order valence-corrected chi connectivity index (χ4v) is 4.01. The molecular weight excluding hydrogens is 416 g/mol. The van der Waals surface area contributed by atoms with E-state index in [0.717, 1.165) is 21.2 Å². The van der Waals surface area contributed by atoms with E-state index in [0.29, 0.717) is 12.0 Å². The summed E-state index contributed by atoms with van der Waals surface area (Å²) in [6.07, 6.45) is 1.79. The van der Waals surface area contributed by atoms with E-state index in [1.165, 1.54) is 6.26 Å². The second-order valence-electron chi connectivity index (χ2n) is 6.53. The monoisotopic (exact) mass is 434 g/mol. The third kappa shape index (κ3) is 3.35. The molecule has 3 rings (SSSR count). The fourth-order valence-electron chi connectivity index (χ4n) is 3.12. The van der Waals surface area contributed by atoms with Gasteiger partial charge in [-0.05, 0) is 48.7 Å². The molecule has 1 heterocycles. The van der Waals surface area contributed by atoms with E-state index in [1.807, 2.05) is 38.1 Å². The van der Waals surface area contributed by atoms with Gasteiger partial charge >= 0.3 is 5.97 Å². The van der Waals surface area contributed by atoms with Crippen molar-refractivity contribution in [1.29, 1.82) is 0 Å². The third-order valence-corrected chi connectivity index (χ3v) is 6.34. The van der Waals surface area contributed by atoms with Gasteiger partial charge in [-0.25, -0.2) is 13.2 Å². The highest BCUT2D eigenvalue weighted by Gasteiger charge is 2.43. The maximum absolute atomic E-state index is 12.7. The molecule has 2 aromatic carbocycles. The molecule has 0 N–H and O–H groups in total. The largest absolute Gasteiger partial charge is 0.451 e. The minimum Gasteiger partial charge on any atom is -0.451 e. The van der Waals surface area contributed by atoms with Crippen molar-refractivity contribution < 1.29 is 17.9 Å². The van der Waals surface area contributed by atoms with E-state index in [9.17, 15) is 13.2 Å². The molecular formula is C20H19BrO4S. The molecule has 0 fully saturated rings. The molecule has 1 aliphatic heterocycles. The SMILES string of the molecule is CCC1(C)OC(=O)C(c2ccc(Br)cc2)=C1c1ccc(S(C)(=O)=O)cc1. The molecule has 0 aromatic heterocycles. The molecule has 0 bridgehead atoms. The van der Waals surface area contributed by atoms with Crippen LogP contribution in [-0.2, 0) is 19.4 Å². The highest BCUT2D eigenvalue weighted by Crippen LogP contribution is 2.45. The quantitative estimate of drug-likeness (QED) is 0.665. The van der Waals surface area contributed by atoms with Crippen molar-refractivity contribution in [3.63, 3.8) is 0 Å². The van der Waals surface area contributed by atoms with Gasteiger partial charge in [0, 0.05) is 16.3 Å². The zero-order chi connectivity index (χ0) is 19.1. The van der Waals surface area contributed by atoms with Crippen LogP contribution in [-0.4, -0.2) is 26.2 Å². The zero-order valence-corrected chi connectivity index (χ0v) is 17.1. The molecule has 0 amide bonds. The highest BCUT2D eigenvalue weighted by atomic mass is 79.9. The summed E-state index contributed by atoms with van der Waals surface area (Å²) in [6, 6.07) is 14.1. The molecule has 0 spiro atoms. The highest BCUT2D eigenvalue weighted by molar-refractivity contribution is 9.10. The van der Waals surface area contributed by atoms with Gasteiger partial charge in [0.05, 0.1) is 10.5 Å². The Bertz CT molecular complexity index is 989. The average Bonchev–Trinajstić information content (AvgIpc) is 2.86. The second kappa shape index (κ2) is 6.67. The first kappa shape index (κ1) is 18.9. The van der Waals surface area contributed by atoms with Gasteiger partial charge in [-0.2, -0.15) is 0 Å². The molecule has 1 unspecified atom stereocenters. The van der Waals surface area contributed by atoms with Crippen molar-refractivity contribution in [2.24, 2.45) is 0 Å². The van der Waals surface area contributed by atoms with Gasteiger partial charge in [0.1, 0.15) is 5.60 Å². The molecule has 2 aromatic rings. The number of hydrogen-bond donors (Lipinski definition) is 0. The first-order valence-electron chi connectivity index (χ1n) is 8.20. The summed E-state index contributed by atoms with van der Waals surface area (Å²) in [4.78, 5) is 12.9. The molecule has 0 radical (unpaired) electrons. The van der Waals surface area contributed by atoms with Crippen LogP contribution >= 0.6 is 15.9 Å². The van der Waals surface area contributed by atoms with Crippen molar-refractivity contribution >= 4 is 42.9 Å². The average molecular weight is 435 g/mol. The Balaban J connectivity index is 2.22. The predicted octanol–water partition coefficient (Wildman–Crippen LogP) is 4.49. The summed E-state index contributed by atoms with van der Waals surface area (Å²) >= 11 is 3.40. The third-order valence-electron chi connectivity index (χ3n) is 4.68. The Morgan fingerprint density at radius 1 is 1.00 bits per heavy atom. The molecule has 1 aliphatic rings. The molecule has 1 atom stereocenters. The van der Waals surface area contributed by atoms with Crippen molar-refractivity contribution in [3.8, 4) is 0 Å². The second-order valence-corrected chi connectivity index (χ2v) is 9.46. The zero-order valence-electron chi connectivity index (χ0n) is 14.7. The number of esters is 1. The Morgan fingerprint density at radius 3 is 2.04 bits per heavy atom. The van der Waals surface area contributed by atoms with Crippen LogP contribution in [0.15, 0.2) is 57.9 Å². The van der Waals surface area contributed by atoms with Crippen molar-refractivity contribution in [1.82, 2.24) is 0 Å². The topological polar surface area (TPSA) is 60.4 Å².